The maximum absolute atomic E-state index is 4.39. The summed E-state index contributed by atoms with van der Waals surface area (Å²) in [6, 6.07) is 4.12. The van der Waals surface area contributed by atoms with E-state index in [1.807, 2.05) is 19.2 Å². The number of pyridine rings is 1. The van der Waals surface area contributed by atoms with Crippen LogP contribution in [0.3, 0.4) is 0 Å². The Kier molecular flexibility index (Phi) is 5.41. The second-order valence-corrected chi connectivity index (χ2v) is 4.19. The lowest BCUT2D eigenvalue weighted by molar-refractivity contribution is 1.10. The van der Waals surface area contributed by atoms with Gasteiger partial charge in [0.15, 0.2) is 0 Å². The normalized spacial score (nSPS) is 13.4. The molecule has 1 rings (SSSR count). The molecule has 17 heavy (non-hydrogen) atoms. The molecule has 1 heteroatoms. The van der Waals surface area contributed by atoms with Crippen molar-refractivity contribution in [2.75, 3.05) is 0 Å². The summed E-state index contributed by atoms with van der Waals surface area (Å²) in [4.78, 5) is 4.39. The predicted molar refractivity (Wildman–Crippen MR) is 75.8 cm³/mol. The minimum absolute atomic E-state index is 1.03. The van der Waals surface area contributed by atoms with E-state index in [1.165, 1.54) is 11.1 Å². The van der Waals surface area contributed by atoms with Crippen molar-refractivity contribution in [2.24, 2.45) is 0 Å². The Morgan fingerprint density at radius 1 is 1.41 bits per heavy atom. The molecular weight excluding hydrogens is 206 g/mol. The Morgan fingerprint density at radius 3 is 2.76 bits per heavy atom. The van der Waals surface area contributed by atoms with Crippen molar-refractivity contribution in [3.05, 3.63) is 59.5 Å². The zero-order valence-corrected chi connectivity index (χ0v) is 11.2. The van der Waals surface area contributed by atoms with E-state index in [2.05, 4.69) is 56.1 Å². The number of aromatic nitrogens is 1. The highest BCUT2D eigenvalue weighted by Gasteiger charge is 1.97. The number of hydrogen-bond acceptors (Lipinski definition) is 1. The first kappa shape index (κ1) is 13.4. The van der Waals surface area contributed by atoms with Gasteiger partial charge in [-0.05, 0) is 50.5 Å². The first-order chi connectivity index (χ1) is 8.17. The molecule has 1 aromatic heterocycles. The fourth-order valence-electron chi connectivity index (χ4n) is 1.46. The standard InChI is InChI=1S/C16H21N/c1-5-13(3)8-7-9-15(6-2)16-12-14(4)10-11-17-16/h6-12H,5H2,1-4H3/b9-7-,13-8+,15-6+. The molecule has 0 aliphatic rings. The van der Waals surface area contributed by atoms with Gasteiger partial charge in [0.25, 0.3) is 0 Å². The van der Waals surface area contributed by atoms with Gasteiger partial charge >= 0.3 is 0 Å². The fraction of sp³-hybridized carbons (Fsp3) is 0.312. The number of hydrogen-bond donors (Lipinski definition) is 0. The summed E-state index contributed by atoms with van der Waals surface area (Å²) in [6.45, 7) is 8.44. The molecule has 1 nitrogen and oxygen atoms in total. The van der Waals surface area contributed by atoms with Crippen LogP contribution in [0.15, 0.2) is 48.2 Å². The maximum atomic E-state index is 4.39. The molecule has 0 atom stereocenters. The van der Waals surface area contributed by atoms with E-state index >= 15 is 0 Å². The van der Waals surface area contributed by atoms with Crippen molar-refractivity contribution < 1.29 is 0 Å². The van der Waals surface area contributed by atoms with Crippen LogP contribution in [0.4, 0.5) is 0 Å². The zero-order chi connectivity index (χ0) is 12.7. The van der Waals surface area contributed by atoms with Gasteiger partial charge in [0, 0.05) is 6.20 Å². The number of nitrogens with zero attached hydrogens (tertiary/aromatic N) is 1. The highest BCUT2D eigenvalue weighted by Crippen LogP contribution is 2.14. The first-order valence-electron chi connectivity index (χ1n) is 6.10. The average molecular weight is 227 g/mol. The van der Waals surface area contributed by atoms with Crippen molar-refractivity contribution in [1.29, 1.82) is 0 Å². The van der Waals surface area contributed by atoms with E-state index in [0.29, 0.717) is 0 Å². The summed E-state index contributed by atoms with van der Waals surface area (Å²) in [5.41, 5.74) is 4.82. The molecule has 0 radical (unpaired) electrons. The second kappa shape index (κ2) is 6.85. The molecule has 0 aliphatic carbocycles. The Bertz CT molecular complexity index is 450. The highest BCUT2D eigenvalue weighted by atomic mass is 14.7. The van der Waals surface area contributed by atoms with E-state index < -0.39 is 0 Å². The number of rotatable bonds is 4. The van der Waals surface area contributed by atoms with E-state index in [-0.39, 0.29) is 0 Å². The molecule has 0 fully saturated rings. The van der Waals surface area contributed by atoms with Crippen LogP contribution in [0, 0.1) is 6.92 Å². The van der Waals surface area contributed by atoms with E-state index in [0.717, 1.165) is 17.7 Å². The highest BCUT2D eigenvalue weighted by molar-refractivity contribution is 5.71. The summed E-state index contributed by atoms with van der Waals surface area (Å²) in [7, 11) is 0. The first-order valence-corrected chi connectivity index (χ1v) is 6.10. The van der Waals surface area contributed by atoms with Gasteiger partial charge in [-0.15, -0.1) is 0 Å². The van der Waals surface area contributed by atoms with Crippen LogP contribution in [0.5, 0.6) is 0 Å². The Hall–Kier alpha value is -1.63. The molecule has 0 saturated carbocycles. The minimum Gasteiger partial charge on any atom is -0.256 e. The Labute approximate surface area is 105 Å². The fourth-order valence-corrected chi connectivity index (χ4v) is 1.46. The average Bonchev–Trinajstić information content (AvgIpc) is 2.34. The van der Waals surface area contributed by atoms with Gasteiger partial charge in [-0.25, -0.2) is 0 Å². The third-order valence-electron chi connectivity index (χ3n) is 2.74. The quantitative estimate of drug-likeness (QED) is 0.679. The molecule has 0 unspecified atom stereocenters. The summed E-state index contributed by atoms with van der Waals surface area (Å²) < 4.78 is 0. The lowest BCUT2D eigenvalue weighted by Gasteiger charge is -2.01. The number of aryl methyl sites for hydroxylation is 1. The smallest absolute Gasteiger partial charge is 0.0701 e. The Morgan fingerprint density at radius 2 is 2.18 bits per heavy atom. The van der Waals surface area contributed by atoms with E-state index in [9.17, 15) is 0 Å². The minimum atomic E-state index is 1.03. The molecule has 0 amide bonds. The van der Waals surface area contributed by atoms with Crippen molar-refractivity contribution in [3.8, 4) is 0 Å². The van der Waals surface area contributed by atoms with Crippen molar-refractivity contribution in [1.82, 2.24) is 4.98 Å². The lowest BCUT2D eigenvalue weighted by atomic mass is 10.1. The molecule has 0 saturated heterocycles. The van der Waals surface area contributed by atoms with Crippen molar-refractivity contribution in [2.45, 2.75) is 34.1 Å². The van der Waals surface area contributed by atoms with Crippen LogP contribution in [0.25, 0.3) is 5.57 Å². The van der Waals surface area contributed by atoms with Gasteiger partial charge in [0.2, 0.25) is 0 Å². The van der Waals surface area contributed by atoms with Gasteiger partial charge in [-0.3, -0.25) is 4.98 Å². The van der Waals surface area contributed by atoms with E-state index in [4.69, 9.17) is 0 Å². The molecular formula is C16H21N. The molecule has 0 aromatic carbocycles. The summed E-state index contributed by atoms with van der Waals surface area (Å²) in [6.07, 6.45) is 11.4. The van der Waals surface area contributed by atoms with Crippen LogP contribution in [-0.2, 0) is 0 Å². The molecule has 1 aromatic rings. The summed E-state index contributed by atoms with van der Waals surface area (Å²) >= 11 is 0. The Balaban J connectivity index is 2.88. The SMILES string of the molecule is C\C=C(/C=C\C=C(/C)CC)c1cc(C)ccn1. The molecule has 0 aliphatic heterocycles. The molecule has 1 heterocycles. The zero-order valence-electron chi connectivity index (χ0n) is 11.2. The molecule has 0 N–H and O–H groups in total. The monoisotopic (exact) mass is 227 g/mol. The maximum Gasteiger partial charge on any atom is 0.0701 e. The van der Waals surface area contributed by atoms with Gasteiger partial charge in [0.1, 0.15) is 0 Å². The third kappa shape index (κ3) is 4.39. The largest absolute Gasteiger partial charge is 0.256 e. The number of allylic oxidation sites excluding steroid dienone is 6. The second-order valence-electron chi connectivity index (χ2n) is 4.19. The van der Waals surface area contributed by atoms with Crippen LogP contribution < -0.4 is 0 Å². The van der Waals surface area contributed by atoms with Gasteiger partial charge < -0.3 is 0 Å². The molecule has 90 valence electrons. The third-order valence-corrected chi connectivity index (χ3v) is 2.74. The van der Waals surface area contributed by atoms with Crippen molar-refractivity contribution in [3.63, 3.8) is 0 Å². The van der Waals surface area contributed by atoms with Gasteiger partial charge in [-0.2, -0.15) is 0 Å². The van der Waals surface area contributed by atoms with Crippen LogP contribution >= 0.6 is 0 Å². The lowest BCUT2D eigenvalue weighted by Crippen LogP contribution is -1.87. The molecule has 0 spiro atoms. The van der Waals surface area contributed by atoms with Crippen LogP contribution in [0.2, 0.25) is 0 Å². The summed E-state index contributed by atoms with van der Waals surface area (Å²) in [5.74, 6) is 0. The summed E-state index contributed by atoms with van der Waals surface area (Å²) in [5, 5.41) is 0. The van der Waals surface area contributed by atoms with Gasteiger partial charge in [0.05, 0.1) is 5.69 Å². The topological polar surface area (TPSA) is 12.9 Å². The van der Waals surface area contributed by atoms with E-state index in [1.54, 1.807) is 0 Å². The van der Waals surface area contributed by atoms with Crippen molar-refractivity contribution >= 4 is 5.57 Å². The van der Waals surface area contributed by atoms with Gasteiger partial charge in [-0.1, -0.05) is 36.8 Å². The van der Waals surface area contributed by atoms with Crippen LogP contribution in [-0.4, -0.2) is 4.98 Å². The van der Waals surface area contributed by atoms with Crippen LogP contribution in [0.1, 0.15) is 38.4 Å². The predicted octanol–water partition coefficient (Wildman–Crippen LogP) is 4.71. The molecule has 0 bridgehead atoms.